The molecule has 0 radical (unpaired) electrons. The van der Waals surface area contributed by atoms with Crippen molar-refractivity contribution in [2.75, 3.05) is 0 Å². The van der Waals surface area contributed by atoms with E-state index in [0.717, 1.165) is 5.52 Å². The van der Waals surface area contributed by atoms with Crippen LogP contribution < -0.4 is 5.73 Å². The molecule has 2 aromatic rings. The smallest absolute Gasteiger partial charge is 0.475 e. The number of carbonyl (C=O) groups excluding carboxylic acids is 1. The molecule has 106 valence electrons. The third kappa shape index (κ3) is 4.19. The molecule has 1 heterocycles. The average molecular weight is 287 g/mol. The fraction of sp³-hybridized carbons (Fsp3) is 0.0909. The van der Waals surface area contributed by atoms with Gasteiger partial charge in [0.25, 0.3) is 5.91 Å². The maximum Gasteiger partial charge on any atom is 0.490 e. The molecule has 0 aliphatic heterocycles. The van der Waals surface area contributed by atoms with Crippen LogP contribution in [-0.2, 0) is 4.79 Å². The summed E-state index contributed by atoms with van der Waals surface area (Å²) in [6.07, 6.45) is -3.70. The molecule has 2 rings (SSSR count). The number of nitrogens with two attached hydrogens (primary N) is 1. The van der Waals surface area contributed by atoms with Crippen LogP contribution >= 0.6 is 0 Å². The fourth-order valence-corrected chi connectivity index (χ4v) is 1.08. The van der Waals surface area contributed by atoms with Crippen molar-refractivity contribution in [3.05, 3.63) is 36.2 Å². The van der Waals surface area contributed by atoms with Gasteiger partial charge in [-0.3, -0.25) is 9.78 Å². The van der Waals surface area contributed by atoms with Crippen LogP contribution in [-0.4, -0.2) is 33.1 Å². The van der Waals surface area contributed by atoms with Gasteiger partial charge >= 0.3 is 12.1 Å². The lowest BCUT2D eigenvalue weighted by Gasteiger charge is -1.97. The van der Waals surface area contributed by atoms with E-state index in [0.29, 0.717) is 5.52 Å². The van der Waals surface area contributed by atoms with Crippen LogP contribution in [0.25, 0.3) is 11.0 Å². The first-order chi connectivity index (χ1) is 9.21. The number of hydrogen-bond donors (Lipinski definition) is 2. The van der Waals surface area contributed by atoms with Crippen LogP contribution in [0.4, 0.5) is 13.2 Å². The highest BCUT2D eigenvalue weighted by atomic mass is 19.4. The molecule has 0 atom stereocenters. The third-order valence-electron chi connectivity index (χ3n) is 1.94. The number of nitrogens with zero attached hydrogens (tertiary/aromatic N) is 2. The van der Waals surface area contributed by atoms with Crippen LogP contribution in [0.15, 0.2) is 30.5 Å². The Bertz CT molecular complexity index is 643. The van der Waals surface area contributed by atoms with E-state index < -0.39 is 18.1 Å². The first kappa shape index (κ1) is 15.3. The fourth-order valence-electron chi connectivity index (χ4n) is 1.08. The standard InChI is InChI=1S/C9H7N3O.C2HF3O2/c10-9(13)8-5-11-6-3-1-2-4-7(6)12-8;3-2(4,5)1(6)7/h1-5H,(H2,10,13);(H,6,7). The topological polar surface area (TPSA) is 106 Å². The lowest BCUT2D eigenvalue weighted by Crippen LogP contribution is -2.21. The van der Waals surface area contributed by atoms with Crippen LogP contribution in [0.2, 0.25) is 0 Å². The second-order valence-electron chi connectivity index (χ2n) is 3.41. The molecule has 0 bridgehead atoms. The number of hydrogen-bond acceptors (Lipinski definition) is 4. The summed E-state index contributed by atoms with van der Waals surface area (Å²) in [4.78, 5) is 27.7. The zero-order chi connectivity index (χ0) is 15.3. The van der Waals surface area contributed by atoms with Gasteiger partial charge in [0, 0.05) is 0 Å². The summed E-state index contributed by atoms with van der Waals surface area (Å²) < 4.78 is 31.7. The zero-order valence-corrected chi connectivity index (χ0v) is 9.76. The molecule has 0 fully saturated rings. The molecule has 3 N–H and O–H groups in total. The number of primary amides is 1. The Morgan fingerprint density at radius 3 is 2.10 bits per heavy atom. The van der Waals surface area contributed by atoms with Crippen molar-refractivity contribution in [3.8, 4) is 0 Å². The van der Waals surface area contributed by atoms with E-state index in [-0.39, 0.29) is 5.69 Å². The monoisotopic (exact) mass is 287 g/mol. The molecule has 9 heteroatoms. The molecule has 1 amide bonds. The van der Waals surface area contributed by atoms with E-state index in [1.54, 1.807) is 6.07 Å². The number of para-hydroxylation sites is 2. The number of alkyl halides is 3. The first-order valence-electron chi connectivity index (χ1n) is 5.03. The number of carboxylic acid groups (broad SMARTS) is 1. The van der Waals surface area contributed by atoms with Crippen molar-refractivity contribution < 1.29 is 27.9 Å². The van der Waals surface area contributed by atoms with Crippen LogP contribution in [0.5, 0.6) is 0 Å². The molecule has 0 saturated carbocycles. The van der Waals surface area contributed by atoms with E-state index in [9.17, 15) is 18.0 Å². The number of halogens is 3. The third-order valence-corrected chi connectivity index (χ3v) is 1.94. The Morgan fingerprint density at radius 2 is 1.65 bits per heavy atom. The molecular weight excluding hydrogens is 279 g/mol. The van der Waals surface area contributed by atoms with E-state index in [1.165, 1.54) is 6.20 Å². The van der Waals surface area contributed by atoms with Crippen LogP contribution in [0, 0.1) is 0 Å². The molecule has 1 aromatic heterocycles. The highest BCUT2D eigenvalue weighted by molar-refractivity contribution is 5.92. The maximum atomic E-state index is 10.8. The number of carbonyl (C=O) groups is 2. The number of aromatic nitrogens is 2. The molecule has 0 aliphatic rings. The molecule has 0 spiro atoms. The van der Waals surface area contributed by atoms with Gasteiger partial charge in [0.15, 0.2) is 0 Å². The lowest BCUT2D eigenvalue weighted by atomic mass is 10.3. The normalized spacial score (nSPS) is 10.6. The summed E-state index contributed by atoms with van der Waals surface area (Å²) in [7, 11) is 0. The minimum atomic E-state index is -5.08. The highest BCUT2D eigenvalue weighted by Gasteiger charge is 2.38. The second kappa shape index (κ2) is 5.95. The van der Waals surface area contributed by atoms with Crippen molar-refractivity contribution in [1.29, 1.82) is 0 Å². The van der Waals surface area contributed by atoms with E-state index in [4.69, 9.17) is 15.6 Å². The minimum absolute atomic E-state index is 0.193. The Morgan fingerprint density at radius 1 is 1.15 bits per heavy atom. The predicted molar refractivity (Wildman–Crippen MR) is 61.7 cm³/mol. The minimum Gasteiger partial charge on any atom is -0.475 e. The summed E-state index contributed by atoms with van der Waals surface area (Å²) in [5, 5.41) is 7.12. The van der Waals surface area contributed by atoms with Gasteiger partial charge in [-0.05, 0) is 12.1 Å². The van der Waals surface area contributed by atoms with E-state index >= 15 is 0 Å². The van der Waals surface area contributed by atoms with Gasteiger partial charge in [0.1, 0.15) is 5.69 Å². The molecule has 6 nitrogen and oxygen atoms in total. The molecule has 0 saturated heterocycles. The predicted octanol–water partition coefficient (Wildman–Crippen LogP) is 1.36. The van der Waals surface area contributed by atoms with Gasteiger partial charge in [-0.15, -0.1) is 0 Å². The number of carboxylic acids is 1. The largest absolute Gasteiger partial charge is 0.490 e. The summed E-state index contributed by atoms with van der Waals surface area (Å²) >= 11 is 0. The van der Waals surface area contributed by atoms with Gasteiger partial charge in [0.2, 0.25) is 0 Å². The van der Waals surface area contributed by atoms with Gasteiger partial charge in [-0.2, -0.15) is 13.2 Å². The Hall–Kier alpha value is -2.71. The number of benzene rings is 1. The van der Waals surface area contributed by atoms with Crippen molar-refractivity contribution >= 4 is 22.9 Å². The van der Waals surface area contributed by atoms with Gasteiger partial charge in [0.05, 0.1) is 17.2 Å². The summed E-state index contributed by atoms with van der Waals surface area (Å²) in [5.74, 6) is -3.31. The van der Waals surface area contributed by atoms with E-state index in [2.05, 4.69) is 9.97 Å². The summed E-state index contributed by atoms with van der Waals surface area (Å²) in [5.41, 5.74) is 6.69. The average Bonchev–Trinajstić information content (AvgIpc) is 2.37. The Kier molecular flexibility index (Phi) is 4.57. The van der Waals surface area contributed by atoms with Crippen LogP contribution in [0.1, 0.15) is 10.5 Å². The van der Waals surface area contributed by atoms with Gasteiger partial charge < -0.3 is 10.8 Å². The van der Waals surface area contributed by atoms with Gasteiger partial charge in [-0.1, -0.05) is 12.1 Å². The SMILES string of the molecule is NC(=O)c1cnc2ccccc2n1.O=C(O)C(F)(F)F. The Labute approximate surface area is 110 Å². The Balaban J connectivity index is 0.000000246. The lowest BCUT2D eigenvalue weighted by molar-refractivity contribution is -0.192. The van der Waals surface area contributed by atoms with Crippen LogP contribution in [0.3, 0.4) is 0 Å². The first-order valence-corrected chi connectivity index (χ1v) is 5.03. The molecule has 0 unspecified atom stereocenters. The van der Waals surface area contributed by atoms with Crippen molar-refractivity contribution in [2.45, 2.75) is 6.18 Å². The molecule has 20 heavy (non-hydrogen) atoms. The van der Waals surface area contributed by atoms with Crippen molar-refractivity contribution in [2.24, 2.45) is 5.73 Å². The number of fused-ring (bicyclic) bond motifs is 1. The zero-order valence-electron chi connectivity index (χ0n) is 9.76. The quantitative estimate of drug-likeness (QED) is 0.823. The van der Waals surface area contributed by atoms with Crippen molar-refractivity contribution in [1.82, 2.24) is 9.97 Å². The summed E-state index contributed by atoms with van der Waals surface area (Å²) in [6.45, 7) is 0. The summed E-state index contributed by atoms with van der Waals surface area (Å²) in [6, 6.07) is 7.31. The maximum absolute atomic E-state index is 10.8. The molecular formula is C11H8F3N3O3. The molecule has 1 aromatic carbocycles. The highest BCUT2D eigenvalue weighted by Crippen LogP contribution is 2.13. The molecule has 0 aliphatic carbocycles. The van der Waals surface area contributed by atoms with Crippen molar-refractivity contribution in [3.63, 3.8) is 0 Å². The number of amides is 1. The van der Waals surface area contributed by atoms with E-state index in [1.807, 2.05) is 18.2 Å². The second-order valence-corrected chi connectivity index (χ2v) is 3.41. The number of aliphatic carboxylic acids is 1. The van der Waals surface area contributed by atoms with Gasteiger partial charge in [-0.25, -0.2) is 9.78 Å². The number of rotatable bonds is 1.